The zero-order chi connectivity index (χ0) is 14.6. The second-order valence-corrected chi connectivity index (χ2v) is 5.63. The number of nitrogens with one attached hydrogen (secondary N) is 1. The summed E-state index contributed by atoms with van der Waals surface area (Å²) in [5.41, 5.74) is 1.27. The van der Waals surface area contributed by atoms with E-state index in [1.54, 1.807) is 25.4 Å². The molecule has 0 saturated heterocycles. The van der Waals surface area contributed by atoms with Gasteiger partial charge in [0.25, 0.3) is 5.91 Å². The van der Waals surface area contributed by atoms with Gasteiger partial charge in [0, 0.05) is 18.0 Å². The second kappa shape index (κ2) is 6.15. The van der Waals surface area contributed by atoms with E-state index in [0.29, 0.717) is 5.56 Å². The van der Waals surface area contributed by atoms with Gasteiger partial charge in [0.15, 0.2) is 0 Å². The van der Waals surface area contributed by atoms with E-state index in [4.69, 9.17) is 0 Å². The molecule has 0 aliphatic rings. The Hall–Kier alpha value is -1.72. The first-order valence-corrected chi connectivity index (χ1v) is 7.45. The molecule has 0 fully saturated rings. The molecule has 2 aromatic heterocycles. The van der Waals surface area contributed by atoms with Gasteiger partial charge in [0.2, 0.25) is 0 Å². The molecular formula is C15H18N2O2S. The van der Waals surface area contributed by atoms with E-state index in [9.17, 15) is 9.90 Å². The minimum atomic E-state index is -1.06. The summed E-state index contributed by atoms with van der Waals surface area (Å²) in [7, 11) is 0. The Kier molecular flexibility index (Phi) is 4.52. The van der Waals surface area contributed by atoms with Crippen molar-refractivity contribution in [3.05, 3.63) is 52.0 Å². The highest BCUT2D eigenvalue weighted by Gasteiger charge is 2.24. The molecule has 0 bridgehead atoms. The standard InChI is InChI=1S/C15H18N2O2S/c1-3-11-8-16-6-4-13(11)14(18)17-10-15(2,19)12-5-7-20-9-12/h4-9,19H,3,10H2,1-2H3,(H,17,18). The molecule has 0 spiro atoms. The van der Waals surface area contributed by atoms with Gasteiger partial charge in [-0.05, 0) is 47.4 Å². The minimum Gasteiger partial charge on any atom is -0.384 e. The largest absolute Gasteiger partial charge is 0.384 e. The van der Waals surface area contributed by atoms with Crippen LogP contribution in [0.5, 0.6) is 0 Å². The van der Waals surface area contributed by atoms with Gasteiger partial charge in [-0.25, -0.2) is 0 Å². The van der Waals surface area contributed by atoms with Gasteiger partial charge >= 0.3 is 0 Å². The van der Waals surface area contributed by atoms with Crippen LogP contribution in [0.1, 0.15) is 35.3 Å². The molecule has 2 rings (SSSR count). The predicted molar refractivity (Wildman–Crippen MR) is 79.8 cm³/mol. The third kappa shape index (κ3) is 3.23. The molecule has 0 aliphatic heterocycles. The summed E-state index contributed by atoms with van der Waals surface area (Å²) in [5.74, 6) is -0.181. The molecule has 2 aromatic rings. The lowest BCUT2D eigenvalue weighted by Gasteiger charge is -2.23. The number of pyridine rings is 1. The van der Waals surface area contributed by atoms with Crippen LogP contribution in [0.3, 0.4) is 0 Å². The van der Waals surface area contributed by atoms with Gasteiger partial charge in [-0.2, -0.15) is 11.3 Å². The third-order valence-electron chi connectivity index (χ3n) is 3.27. The summed E-state index contributed by atoms with van der Waals surface area (Å²) in [6.07, 6.45) is 4.05. The maximum absolute atomic E-state index is 12.2. The van der Waals surface area contributed by atoms with E-state index in [1.807, 2.05) is 23.8 Å². The van der Waals surface area contributed by atoms with Crippen molar-refractivity contribution in [3.8, 4) is 0 Å². The first-order chi connectivity index (χ1) is 9.54. The van der Waals surface area contributed by atoms with Gasteiger partial charge in [-0.15, -0.1) is 0 Å². The number of hydrogen-bond donors (Lipinski definition) is 2. The highest BCUT2D eigenvalue weighted by molar-refractivity contribution is 7.08. The first-order valence-electron chi connectivity index (χ1n) is 6.50. The number of carbonyl (C=O) groups excluding carboxylic acids is 1. The lowest BCUT2D eigenvalue weighted by atomic mass is 9.99. The van der Waals surface area contributed by atoms with Crippen molar-refractivity contribution in [2.24, 2.45) is 0 Å². The van der Waals surface area contributed by atoms with Crippen LogP contribution in [0, 0.1) is 0 Å². The highest BCUT2D eigenvalue weighted by atomic mass is 32.1. The molecule has 2 N–H and O–H groups in total. The normalized spacial score (nSPS) is 13.8. The summed E-state index contributed by atoms with van der Waals surface area (Å²) >= 11 is 1.52. The zero-order valence-electron chi connectivity index (χ0n) is 11.6. The lowest BCUT2D eigenvalue weighted by molar-refractivity contribution is 0.0530. The van der Waals surface area contributed by atoms with Crippen LogP contribution in [0.4, 0.5) is 0 Å². The number of carbonyl (C=O) groups is 1. The average molecular weight is 290 g/mol. The van der Waals surface area contributed by atoms with Crippen LogP contribution in [-0.4, -0.2) is 22.5 Å². The number of rotatable bonds is 5. The van der Waals surface area contributed by atoms with Crippen molar-refractivity contribution in [3.63, 3.8) is 0 Å². The molecule has 20 heavy (non-hydrogen) atoms. The number of nitrogens with zero attached hydrogens (tertiary/aromatic N) is 1. The van der Waals surface area contributed by atoms with E-state index in [2.05, 4.69) is 10.3 Å². The number of aliphatic hydroxyl groups is 1. The number of aromatic nitrogens is 1. The summed E-state index contributed by atoms with van der Waals surface area (Å²) in [5, 5.41) is 17.0. The van der Waals surface area contributed by atoms with E-state index in [-0.39, 0.29) is 12.5 Å². The molecule has 4 nitrogen and oxygen atoms in total. The molecule has 0 saturated carbocycles. The van der Waals surface area contributed by atoms with Gasteiger partial charge in [-0.1, -0.05) is 6.92 Å². The van der Waals surface area contributed by atoms with Crippen LogP contribution in [-0.2, 0) is 12.0 Å². The van der Waals surface area contributed by atoms with E-state index in [1.165, 1.54) is 11.3 Å². The van der Waals surface area contributed by atoms with Crippen molar-refractivity contribution in [1.29, 1.82) is 0 Å². The van der Waals surface area contributed by atoms with E-state index < -0.39 is 5.60 Å². The van der Waals surface area contributed by atoms with Crippen molar-refractivity contribution in [1.82, 2.24) is 10.3 Å². The predicted octanol–water partition coefficient (Wildman–Crippen LogP) is 2.34. The van der Waals surface area contributed by atoms with Crippen LogP contribution >= 0.6 is 11.3 Å². The Labute approximate surface area is 122 Å². The second-order valence-electron chi connectivity index (χ2n) is 4.85. The fourth-order valence-electron chi connectivity index (χ4n) is 1.95. The zero-order valence-corrected chi connectivity index (χ0v) is 12.4. The Bertz CT molecular complexity index is 579. The molecule has 0 aromatic carbocycles. The van der Waals surface area contributed by atoms with Gasteiger partial charge in [0.1, 0.15) is 5.60 Å². The molecule has 0 aliphatic carbocycles. The van der Waals surface area contributed by atoms with Crippen LogP contribution < -0.4 is 5.32 Å². The Morgan fingerprint density at radius 1 is 1.50 bits per heavy atom. The van der Waals surface area contributed by atoms with Crippen LogP contribution in [0.2, 0.25) is 0 Å². The smallest absolute Gasteiger partial charge is 0.251 e. The lowest BCUT2D eigenvalue weighted by Crippen LogP contribution is -2.38. The minimum absolute atomic E-state index is 0.175. The highest BCUT2D eigenvalue weighted by Crippen LogP contribution is 2.22. The molecule has 5 heteroatoms. The van der Waals surface area contributed by atoms with Crippen molar-refractivity contribution in [2.75, 3.05) is 6.54 Å². The Morgan fingerprint density at radius 3 is 2.95 bits per heavy atom. The number of thiophene rings is 1. The van der Waals surface area contributed by atoms with Crippen molar-refractivity contribution < 1.29 is 9.90 Å². The third-order valence-corrected chi connectivity index (χ3v) is 3.95. The number of amides is 1. The van der Waals surface area contributed by atoms with Crippen LogP contribution in [0.25, 0.3) is 0 Å². The molecule has 1 unspecified atom stereocenters. The molecular weight excluding hydrogens is 272 g/mol. The summed E-state index contributed by atoms with van der Waals surface area (Å²) in [6.45, 7) is 3.85. The van der Waals surface area contributed by atoms with Crippen molar-refractivity contribution >= 4 is 17.2 Å². The Balaban J connectivity index is 2.06. The Morgan fingerprint density at radius 2 is 2.30 bits per heavy atom. The fourth-order valence-corrected chi connectivity index (χ4v) is 2.73. The average Bonchev–Trinajstić information content (AvgIpc) is 3.00. The maximum atomic E-state index is 12.2. The van der Waals surface area contributed by atoms with Crippen molar-refractivity contribution in [2.45, 2.75) is 25.9 Å². The van der Waals surface area contributed by atoms with Gasteiger partial charge in [-0.3, -0.25) is 9.78 Å². The summed E-state index contributed by atoms with van der Waals surface area (Å²) in [4.78, 5) is 16.2. The van der Waals surface area contributed by atoms with Gasteiger partial charge in [0.05, 0.1) is 6.54 Å². The monoisotopic (exact) mass is 290 g/mol. The van der Waals surface area contributed by atoms with E-state index in [0.717, 1.165) is 17.5 Å². The molecule has 2 heterocycles. The molecule has 106 valence electrons. The summed E-state index contributed by atoms with van der Waals surface area (Å²) in [6, 6.07) is 3.56. The topological polar surface area (TPSA) is 62.2 Å². The number of aryl methyl sites for hydroxylation is 1. The molecule has 1 atom stereocenters. The number of hydrogen-bond acceptors (Lipinski definition) is 4. The summed E-state index contributed by atoms with van der Waals surface area (Å²) < 4.78 is 0. The quantitative estimate of drug-likeness (QED) is 0.888. The van der Waals surface area contributed by atoms with Gasteiger partial charge < -0.3 is 10.4 Å². The molecule has 0 radical (unpaired) electrons. The maximum Gasteiger partial charge on any atom is 0.251 e. The first kappa shape index (κ1) is 14.7. The fraction of sp³-hybridized carbons (Fsp3) is 0.333. The SMILES string of the molecule is CCc1cnccc1C(=O)NCC(C)(O)c1ccsc1. The molecule has 1 amide bonds. The van der Waals surface area contributed by atoms with E-state index >= 15 is 0 Å². The van der Waals surface area contributed by atoms with Crippen LogP contribution in [0.15, 0.2) is 35.3 Å².